The van der Waals surface area contributed by atoms with E-state index < -0.39 is 0 Å². The molecule has 0 atom stereocenters. The van der Waals surface area contributed by atoms with Crippen LogP contribution in [0, 0.1) is 6.92 Å². The van der Waals surface area contributed by atoms with Crippen LogP contribution >= 0.6 is 0 Å². The molecule has 0 spiro atoms. The number of hydrogen-bond donors (Lipinski definition) is 0. The standard InChI is InChI=1S/C20H12.C9H8.C9H10.C5H8/c1-5-13-6-2-11-17-18-12-4-8-14-7-3-10-16(20(14)18)15(9-1)19(13)17;1-2-5-9-7-3-6-8(9)4-1;1-3-9-7-5-4-6-8(9)2;1-4-5(2)3/h1-12H;1-6H,7H2;3-7H,1H2,2H3;4H,1-2H2,3H3. The van der Waals surface area contributed by atoms with Gasteiger partial charge in [0, 0.05) is 0 Å². The summed E-state index contributed by atoms with van der Waals surface area (Å²) in [4.78, 5) is 0. The molecule has 0 heterocycles. The van der Waals surface area contributed by atoms with Crippen LogP contribution in [-0.2, 0) is 6.42 Å². The van der Waals surface area contributed by atoms with E-state index >= 15 is 0 Å². The lowest BCUT2D eigenvalue weighted by molar-refractivity contribution is 1.31. The smallest absolute Gasteiger partial charge is 0.00264 e. The fourth-order valence-corrected chi connectivity index (χ4v) is 5.59. The summed E-state index contributed by atoms with van der Waals surface area (Å²) >= 11 is 0. The van der Waals surface area contributed by atoms with Gasteiger partial charge in [0.25, 0.3) is 0 Å². The first kappa shape index (κ1) is 29.3. The zero-order valence-electron chi connectivity index (χ0n) is 25.2. The Morgan fingerprint density at radius 2 is 1.07 bits per heavy atom. The number of aryl methyl sites for hydroxylation is 1. The Bertz CT molecular complexity index is 1890. The van der Waals surface area contributed by atoms with Crippen LogP contribution in [0.2, 0.25) is 0 Å². The van der Waals surface area contributed by atoms with E-state index in [4.69, 9.17) is 0 Å². The van der Waals surface area contributed by atoms with Gasteiger partial charge in [-0.3, -0.25) is 0 Å². The number of rotatable bonds is 2. The van der Waals surface area contributed by atoms with Crippen LogP contribution < -0.4 is 0 Å². The minimum absolute atomic E-state index is 1.02. The molecule has 0 bridgehead atoms. The summed E-state index contributed by atoms with van der Waals surface area (Å²) in [7, 11) is 0. The molecule has 0 N–H and O–H groups in total. The van der Waals surface area contributed by atoms with Crippen LogP contribution in [0.1, 0.15) is 29.2 Å². The van der Waals surface area contributed by atoms with Crippen molar-refractivity contribution >= 4 is 55.2 Å². The van der Waals surface area contributed by atoms with Crippen molar-refractivity contribution in [3.63, 3.8) is 0 Å². The Labute approximate surface area is 256 Å². The number of fused-ring (bicyclic) bond motifs is 3. The molecule has 0 heteroatoms. The Morgan fingerprint density at radius 3 is 1.49 bits per heavy atom. The maximum Gasteiger partial charge on any atom is -0.00264 e. The van der Waals surface area contributed by atoms with E-state index in [1.54, 1.807) is 6.08 Å². The second kappa shape index (κ2) is 13.6. The van der Waals surface area contributed by atoms with Crippen molar-refractivity contribution in [3.8, 4) is 0 Å². The maximum atomic E-state index is 3.69. The molecule has 1 aliphatic carbocycles. The van der Waals surface area contributed by atoms with Crippen LogP contribution in [-0.4, -0.2) is 0 Å². The number of benzene rings is 7. The van der Waals surface area contributed by atoms with Gasteiger partial charge in [-0.15, -0.1) is 0 Å². The molecule has 0 fully saturated rings. The van der Waals surface area contributed by atoms with E-state index in [0.717, 1.165) is 12.0 Å². The first-order chi connectivity index (χ1) is 21.0. The molecule has 0 saturated carbocycles. The summed E-state index contributed by atoms with van der Waals surface area (Å²) in [5.74, 6) is 0. The fourth-order valence-electron chi connectivity index (χ4n) is 5.59. The zero-order chi connectivity index (χ0) is 30.2. The molecule has 43 heavy (non-hydrogen) atoms. The average molecular weight is 555 g/mol. The molecule has 210 valence electrons. The van der Waals surface area contributed by atoms with Gasteiger partial charge < -0.3 is 0 Å². The molecule has 7 aromatic rings. The Hall–Kier alpha value is -5.20. The summed E-state index contributed by atoms with van der Waals surface area (Å²) in [5, 5.41) is 10.9. The highest BCUT2D eigenvalue weighted by atomic mass is 14.1. The van der Waals surface area contributed by atoms with Gasteiger partial charge in [-0.25, -0.2) is 0 Å². The number of hydrogen-bond acceptors (Lipinski definition) is 0. The van der Waals surface area contributed by atoms with Crippen LogP contribution in [0.15, 0.2) is 159 Å². The van der Waals surface area contributed by atoms with Crippen molar-refractivity contribution < 1.29 is 0 Å². The van der Waals surface area contributed by atoms with E-state index in [1.165, 1.54) is 65.3 Å². The summed E-state index contributed by atoms with van der Waals surface area (Å²) in [6, 6.07) is 43.1. The summed E-state index contributed by atoms with van der Waals surface area (Å²) in [5.41, 5.74) is 6.37. The van der Waals surface area contributed by atoms with Crippen molar-refractivity contribution in [2.45, 2.75) is 20.3 Å². The SMILES string of the molecule is C1=Cc2ccccc2C1.C=CC(=C)C.C=Cc1ccccc1C.c1cc2cccc3c4cccc5cccc(c(c1)c23)c54. The van der Waals surface area contributed by atoms with E-state index in [0.29, 0.717) is 0 Å². The average Bonchev–Trinajstić information content (AvgIpc) is 3.54. The Balaban J connectivity index is 0.000000134. The van der Waals surface area contributed by atoms with E-state index in [9.17, 15) is 0 Å². The van der Waals surface area contributed by atoms with Gasteiger partial charge in [-0.1, -0.05) is 171 Å². The molecule has 0 unspecified atom stereocenters. The van der Waals surface area contributed by atoms with Gasteiger partial charge in [-0.2, -0.15) is 0 Å². The zero-order valence-corrected chi connectivity index (χ0v) is 25.2. The molecular weight excluding hydrogens is 516 g/mol. The quantitative estimate of drug-likeness (QED) is 0.113. The minimum atomic E-state index is 1.02. The molecule has 0 radical (unpaired) electrons. The predicted octanol–water partition coefficient (Wildman–Crippen LogP) is 12.4. The second-order valence-corrected chi connectivity index (χ2v) is 10.8. The normalized spacial score (nSPS) is 11.1. The van der Waals surface area contributed by atoms with Gasteiger partial charge >= 0.3 is 0 Å². The maximum absolute atomic E-state index is 3.69. The number of allylic oxidation sites excluding steroid dienone is 3. The molecular formula is C43H38. The first-order valence-electron chi connectivity index (χ1n) is 14.8. The highest BCUT2D eigenvalue weighted by molar-refractivity contribution is 6.32. The van der Waals surface area contributed by atoms with Gasteiger partial charge in [0.05, 0.1) is 0 Å². The van der Waals surface area contributed by atoms with Gasteiger partial charge in [0.1, 0.15) is 0 Å². The van der Waals surface area contributed by atoms with E-state index in [2.05, 4.69) is 148 Å². The molecule has 0 aliphatic heterocycles. The lowest BCUT2D eigenvalue weighted by Crippen LogP contribution is -1.85. The summed E-state index contributed by atoms with van der Waals surface area (Å²) < 4.78 is 0. The van der Waals surface area contributed by atoms with Crippen molar-refractivity contribution in [2.75, 3.05) is 0 Å². The van der Waals surface area contributed by atoms with Crippen LogP contribution in [0.4, 0.5) is 0 Å². The van der Waals surface area contributed by atoms with E-state index in [-0.39, 0.29) is 0 Å². The third-order valence-corrected chi connectivity index (χ3v) is 7.84. The monoisotopic (exact) mass is 554 g/mol. The fraction of sp³-hybridized carbons (Fsp3) is 0.0698. The lowest BCUT2D eigenvalue weighted by Gasteiger charge is -2.13. The summed E-state index contributed by atoms with van der Waals surface area (Å²) in [6.45, 7) is 14.7. The van der Waals surface area contributed by atoms with Crippen molar-refractivity contribution in [3.05, 3.63) is 181 Å². The minimum Gasteiger partial charge on any atom is -0.0988 e. The third-order valence-electron chi connectivity index (χ3n) is 7.84. The Kier molecular flexibility index (Phi) is 9.29. The second-order valence-electron chi connectivity index (χ2n) is 10.8. The first-order valence-corrected chi connectivity index (χ1v) is 14.8. The van der Waals surface area contributed by atoms with Gasteiger partial charge in [0.2, 0.25) is 0 Å². The molecule has 0 nitrogen and oxygen atoms in total. The summed E-state index contributed by atoms with van der Waals surface area (Å²) in [6.07, 6.45) is 9.09. The molecule has 0 saturated heterocycles. The highest BCUT2D eigenvalue weighted by Crippen LogP contribution is 2.39. The van der Waals surface area contributed by atoms with Crippen LogP contribution in [0.5, 0.6) is 0 Å². The topological polar surface area (TPSA) is 0 Å². The van der Waals surface area contributed by atoms with Crippen molar-refractivity contribution in [1.29, 1.82) is 0 Å². The van der Waals surface area contributed by atoms with Gasteiger partial charge in [0.15, 0.2) is 0 Å². The molecule has 0 aromatic heterocycles. The van der Waals surface area contributed by atoms with Gasteiger partial charge in [-0.05, 0) is 85.6 Å². The molecule has 1 aliphatic rings. The Morgan fingerprint density at radius 1 is 0.605 bits per heavy atom. The predicted molar refractivity (Wildman–Crippen MR) is 193 cm³/mol. The van der Waals surface area contributed by atoms with Crippen molar-refractivity contribution in [2.24, 2.45) is 0 Å². The molecule has 0 amide bonds. The van der Waals surface area contributed by atoms with E-state index in [1.807, 2.05) is 25.1 Å². The third kappa shape index (κ3) is 6.50. The highest BCUT2D eigenvalue weighted by Gasteiger charge is 2.11. The molecule has 8 rings (SSSR count). The van der Waals surface area contributed by atoms with Crippen LogP contribution in [0.25, 0.3) is 55.2 Å². The van der Waals surface area contributed by atoms with Crippen LogP contribution in [0.3, 0.4) is 0 Å². The van der Waals surface area contributed by atoms with Crippen molar-refractivity contribution in [1.82, 2.24) is 0 Å². The molecule has 7 aromatic carbocycles. The lowest BCUT2D eigenvalue weighted by atomic mass is 9.90. The largest absolute Gasteiger partial charge is 0.0988 e.